The van der Waals surface area contributed by atoms with Crippen LogP contribution in [0.25, 0.3) is 0 Å². The number of nitrogens with two attached hydrogens (primary N) is 1. The predicted octanol–water partition coefficient (Wildman–Crippen LogP) is -0.200. The minimum absolute atomic E-state index is 0.237. The Kier molecular flexibility index (Phi) is 2.20. The van der Waals surface area contributed by atoms with E-state index in [-0.39, 0.29) is 5.95 Å². The molecular formula is C6H8BrN7. The quantitative estimate of drug-likeness (QED) is 0.805. The number of aromatic nitrogens is 6. The molecule has 0 unspecified atom stereocenters. The standard InChI is InChI=1S/C6H8BrN7/c1-13-2-4(10-12-13)3-14-5(7)9-6(8)11-14/h2H,3H2,1H3,(H2,8,11). The minimum atomic E-state index is 0.237. The molecule has 0 spiro atoms. The molecule has 2 heterocycles. The van der Waals surface area contributed by atoms with Gasteiger partial charge in [0.05, 0.1) is 12.7 Å². The second-order valence-corrected chi connectivity index (χ2v) is 3.49. The zero-order valence-electron chi connectivity index (χ0n) is 7.42. The highest BCUT2D eigenvalue weighted by Crippen LogP contribution is 2.09. The number of hydrogen-bond donors (Lipinski definition) is 1. The Morgan fingerprint density at radius 2 is 2.36 bits per heavy atom. The summed E-state index contributed by atoms with van der Waals surface area (Å²) < 4.78 is 3.82. The van der Waals surface area contributed by atoms with Crippen molar-refractivity contribution in [1.82, 2.24) is 29.8 Å². The van der Waals surface area contributed by atoms with Gasteiger partial charge in [0.25, 0.3) is 0 Å². The predicted molar refractivity (Wildman–Crippen MR) is 52.2 cm³/mol. The number of nitrogens with zero attached hydrogens (tertiary/aromatic N) is 6. The van der Waals surface area contributed by atoms with E-state index < -0.39 is 0 Å². The second kappa shape index (κ2) is 3.37. The maximum Gasteiger partial charge on any atom is 0.240 e. The number of aryl methyl sites for hydroxylation is 1. The number of hydrogen-bond acceptors (Lipinski definition) is 5. The normalized spacial score (nSPS) is 10.7. The molecule has 0 aliphatic rings. The van der Waals surface area contributed by atoms with Gasteiger partial charge in [-0.15, -0.1) is 10.2 Å². The smallest absolute Gasteiger partial charge is 0.240 e. The van der Waals surface area contributed by atoms with Gasteiger partial charge in [0, 0.05) is 7.05 Å². The summed E-state index contributed by atoms with van der Waals surface area (Å²) in [7, 11) is 1.81. The van der Waals surface area contributed by atoms with Crippen molar-refractivity contribution in [3.05, 3.63) is 16.6 Å². The molecule has 0 saturated carbocycles. The topological polar surface area (TPSA) is 87.4 Å². The van der Waals surface area contributed by atoms with Crippen molar-refractivity contribution < 1.29 is 0 Å². The molecule has 0 bridgehead atoms. The Morgan fingerprint density at radius 3 is 2.86 bits per heavy atom. The van der Waals surface area contributed by atoms with Crippen LogP contribution in [0.1, 0.15) is 5.69 Å². The highest BCUT2D eigenvalue weighted by Gasteiger charge is 2.06. The van der Waals surface area contributed by atoms with E-state index in [1.807, 2.05) is 6.20 Å². The van der Waals surface area contributed by atoms with Crippen molar-refractivity contribution in [1.29, 1.82) is 0 Å². The molecule has 74 valence electrons. The summed E-state index contributed by atoms with van der Waals surface area (Å²) in [6.45, 7) is 0.499. The first-order valence-electron chi connectivity index (χ1n) is 3.86. The SMILES string of the molecule is Cn1cc(Cn2nc(N)nc2Br)nn1. The Bertz CT molecular complexity index is 445. The van der Waals surface area contributed by atoms with Gasteiger partial charge in [-0.1, -0.05) is 5.21 Å². The van der Waals surface area contributed by atoms with Gasteiger partial charge in [-0.25, -0.2) is 4.68 Å². The molecule has 2 rings (SSSR count). The van der Waals surface area contributed by atoms with Crippen LogP contribution in [-0.2, 0) is 13.6 Å². The zero-order valence-corrected chi connectivity index (χ0v) is 9.01. The van der Waals surface area contributed by atoms with E-state index in [1.54, 1.807) is 16.4 Å². The van der Waals surface area contributed by atoms with E-state index in [1.165, 1.54) is 0 Å². The lowest BCUT2D eigenvalue weighted by Crippen LogP contribution is -2.03. The first-order valence-corrected chi connectivity index (χ1v) is 4.65. The minimum Gasteiger partial charge on any atom is -0.366 e. The third-order valence-corrected chi connectivity index (χ3v) is 2.19. The fourth-order valence-corrected chi connectivity index (χ4v) is 1.45. The lowest BCUT2D eigenvalue weighted by molar-refractivity contribution is 0.653. The van der Waals surface area contributed by atoms with Crippen molar-refractivity contribution in [3.8, 4) is 0 Å². The first kappa shape index (κ1) is 9.13. The van der Waals surface area contributed by atoms with Crippen molar-refractivity contribution in [2.24, 2.45) is 7.05 Å². The third-order valence-electron chi connectivity index (χ3n) is 1.60. The highest BCUT2D eigenvalue weighted by atomic mass is 79.9. The number of anilines is 1. The van der Waals surface area contributed by atoms with Gasteiger partial charge in [-0.05, 0) is 15.9 Å². The average Bonchev–Trinajstić information content (AvgIpc) is 2.61. The van der Waals surface area contributed by atoms with E-state index in [9.17, 15) is 0 Å². The lowest BCUT2D eigenvalue weighted by atomic mass is 10.5. The largest absolute Gasteiger partial charge is 0.366 e. The van der Waals surface area contributed by atoms with Crippen LogP contribution in [0.2, 0.25) is 0 Å². The molecule has 0 amide bonds. The number of halogens is 1. The summed E-state index contributed by atoms with van der Waals surface area (Å²) in [6, 6.07) is 0. The van der Waals surface area contributed by atoms with Crippen LogP contribution in [0.5, 0.6) is 0 Å². The Hall–Kier alpha value is -1.44. The molecular weight excluding hydrogens is 250 g/mol. The van der Waals surface area contributed by atoms with E-state index in [4.69, 9.17) is 5.73 Å². The summed E-state index contributed by atoms with van der Waals surface area (Å²) in [6.07, 6.45) is 1.81. The molecule has 2 N–H and O–H groups in total. The molecule has 0 aliphatic carbocycles. The van der Waals surface area contributed by atoms with Crippen LogP contribution in [0.3, 0.4) is 0 Å². The molecule has 7 nitrogen and oxygen atoms in total. The van der Waals surface area contributed by atoms with Crippen molar-refractivity contribution in [2.45, 2.75) is 6.54 Å². The van der Waals surface area contributed by atoms with Crippen LogP contribution in [0.15, 0.2) is 10.9 Å². The zero-order chi connectivity index (χ0) is 10.1. The molecule has 0 radical (unpaired) electrons. The highest BCUT2D eigenvalue weighted by molar-refractivity contribution is 9.10. The van der Waals surface area contributed by atoms with Crippen molar-refractivity contribution in [3.63, 3.8) is 0 Å². The van der Waals surface area contributed by atoms with Gasteiger partial charge < -0.3 is 5.73 Å². The third kappa shape index (κ3) is 1.74. The summed E-state index contributed by atoms with van der Waals surface area (Å²) in [5.41, 5.74) is 6.23. The van der Waals surface area contributed by atoms with E-state index in [0.29, 0.717) is 11.3 Å². The lowest BCUT2D eigenvalue weighted by Gasteiger charge is -1.96. The maximum absolute atomic E-state index is 5.42. The van der Waals surface area contributed by atoms with Crippen LogP contribution in [-0.4, -0.2) is 29.8 Å². The molecule has 14 heavy (non-hydrogen) atoms. The monoisotopic (exact) mass is 257 g/mol. The average molecular weight is 258 g/mol. The molecule has 0 fully saturated rings. The second-order valence-electron chi connectivity index (χ2n) is 2.78. The summed E-state index contributed by atoms with van der Waals surface area (Å²) in [5.74, 6) is 0.237. The van der Waals surface area contributed by atoms with E-state index >= 15 is 0 Å². The first-order chi connectivity index (χ1) is 6.65. The Morgan fingerprint density at radius 1 is 1.57 bits per heavy atom. The molecule has 2 aromatic heterocycles. The fourth-order valence-electron chi connectivity index (χ4n) is 1.06. The van der Waals surface area contributed by atoms with Crippen molar-refractivity contribution in [2.75, 3.05) is 5.73 Å². The molecule has 0 aliphatic heterocycles. The van der Waals surface area contributed by atoms with Gasteiger partial charge in [-0.3, -0.25) is 4.68 Å². The van der Waals surface area contributed by atoms with Crippen LogP contribution < -0.4 is 5.73 Å². The summed E-state index contributed by atoms with van der Waals surface area (Å²) in [4.78, 5) is 3.91. The molecule has 2 aromatic rings. The Labute approximate surface area is 88.0 Å². The van der Waals surface area contributed by atoms with Gasteiger partial charge in [0.15, 0.2) is 4.73 Å². The molecule has 0 saturated heterocycles. The molecule has 0 atom stereocenters. The van der Waals surface area contributed by atoms with Crippen LogP contribution in [0.4, 0.5) is 5.95 Å². The van der Waals surface area contributed by atoms with Crippen LogP contribution >= 0.6 is 15.9 Å². The number of rotatable bonds is 2. The van der Waals surface area contributed by atoms with Crippen molar-refractivity contribution >= 4 is 21.9 Å². The van der Waals surface area contributed by atoms with Gasteiger partial charge in [0.1, 0.15) is 5.69 Å². The molecule has 0 aromatic carbocycles. The summed E-state index contributed by atoms with van der Waals surface area (Å²) in [5, 5.41) is 11.7. The number of nitrogen functional groups attached to an aromatic ring is 1. The molecule has 8 heteroatoms. The fraction of sp³-hybridized carbons (Fsp3) is 0.333. The van der Waals surface area contributed by atoms with Gasteiger partial charge >= 0.3 is 0 Å². The van der Waals surface area contributed by atoms with Gasteiger partial charge in [-0.2, -0.15) is 4.98 Å². The maximum atomic E-state index is 5.42. The van der Waals surface area contributed by atoms with Gasteiger partial charge in [0.2, 0.25) is 5.95 Å². The van der Waals surface area contributed by atoms with E-state index in [2.05, 4.69) is 36.3 Å². The Balaban J connectivity index is 2.22. The summed E-state index contributed by atoms with van der Waals surface area (Å²) >= 11 is 3.24. The van der Waals surface area contributed by atoms with E-state index in [0.717, 1.165) is 5.69 Å². The van der Waals surface area contributed by atoms with Crippen LogP contribution in [0, 0.1) is 0 Å².